The van der Waals surface area contributed by atoms with Crippen LogP contribution in [0.4, 0.5) is 0 Å². The predicted octanol–water partition coefficient (Wildman–Crippen LogP) is 3.32. The van der Waals surface area contributed by atoms with Crippen molar-refractivity contribution < 1.29 is 0 Å². The Bertz CT molecular complexity index is 295. The highest BCUT2D eigenvalue weighted by atomic mass is 79.9. The number of hydrogen-bond acceptors (Lipinski definition) is 1. The first-order valence-corrected chi connectivity index (χ1v) is 6.38. The van der Waals surface area contributed by atoms with Crippen molar-refractivity contribution >= 4 is 15.9 Å². The molecular weight excluding hydrogens is 240 g/mol. The molecule has 0 N–H and O–H groups in total. The van der Waals surface area contributed by atoms with Gasteiger partial charge in [0.15, 0.2) is 0 Å². The van der Waals surface area contributed by atoms with E-state index in [1.54, 1.807) is 0 Å². The first-order chi connectivity index (χ1) is 6.81. The van der Waals surface area contributed by atoms with Gasteiger partial charge in [-0.15, -0.1) is 0 Å². The Balaban J connectivity index is 2.11. The highest BCUT2D eigenvalue weighted by Crippen LogP contribution is 2.37. The second kappa shape index (κ2) is 4.47. The maximum atomic E-state index is 4.49. The molecule has 0 bridgehead atoms. The fourth-order valence-corrected chi connectivity index (χ4v) is 2.99. The van der Waals surface area contributed by atoms with Gasteiger partial charge in [-0.2, -0.15) is 0 Å². The van der Waals surface area contributed by atoms with Gasteiger partial charge in [0.25, 0.3) is 0 Å². The largest absolute Gasteiger partial charge is 0.335 e. The molecule has 0 amide bonds. The molecule has 2 nitrogen and oxygen atoms in total. The Morgan fingerprint density at radius 1 is 1.57 bits per heavy atom. The molecule has 78 valence electrons. The van der Waals surface area contributed by atoms with E-state index in [1.807, 2.05) is 6.20 Å². The van der Waals surface area contributed by atoms with E-state index in [9.17, 15) is 0 Å². The molecule has 0 saturated heterocycles. The van der Waals surface area contributed by atoms with Crippen LogP contribution in [0.5, 0.6) is 0 Å². The van der Waals surface area contributed by atoms with Crippen molar-refractivity contribution in [2.45, 2.75) is 49.9 Å². The van der Waals surface area contributed by atoms with Gasteiger partial charge in [-0.05, 0) is 25.7 Å². The fourth-order valence-electron chi connectivity index (χ4n) is 2.27. The van der Waals surface area contributed by atoms with Crippen molar-refractivity contribution in [3.05, 3.63) is 18.2 Å². The fraction of sp³-hybridized carbons (Fsp3) is 0.727. The lowest BCUT2D eigenvalue weighted by Gasteiger charge is -2.11. The van der Waals surface area contributed by atoms with Crippen molar-refractivity contribution in [3.63, 3.8) is 0 Å². The smallest absolute Gasteiger partial charge is 0.111 e. The van der Waals surface area contributed by atoms with E-state index in [0.717, 1.165) is 6.54 Å². The summed E-state index contributed by atoms with van der Waals surface area (Å²) in [6.07, 6.45) is 9.07. The van der Waals surface area contributed by atoms with Gasteiger partial charge in [0, 0.05) is 29.7 Å². The third kappa shape index (κ3) is 2.02. The molecule has 0 aromatic carbocycles. The van der Waals surface area contributed by atoms with Crippen LogP contribution in [-0.2, 0) is 6.54 Å². The molecule has 1 aromatic rings. The maximum absolute atomic E-state index is 4.49. The minimum absolute atomic E-state index is 0.681. The van der Waals surface area contributed by atoms with E-state index < -0.39 is 0 Å². The topological polar surface area (TPSA) is 17.8 Å². The molecule has 0 radical (unpaired) electrons. The van der Waals surface area contributed by atoms with Crippen LogP contribution in [0.15, 0.2) is 12.4 Å². The molecule has 1 aliphatic rings. The van der Waals surface area contributed by atoms with E-state index in [-0.39, 0.29) is 0 Å². The zero-order valence-corrected chi connectivity index (χ0v) is 10.2. The summed E-state index contributed by atoms with van der Waals surface area (Å²) < 4.78 is 2.32. The Morgan fingerprint density at radius 2 is 2.43 bits per heavy atom. The van der Waals surface area contributed by atoms with E-state index in [4.69, 9.17) is 0 Å². The molecule has 2 atom stereocenters. The molecule has 1 aromatic heterocycles. The summed E-state index contributed by atoms with van der Waals surface area (Å²) in [6, 6.07) is 0. The summed E-state index contributed by atoms with van der Waals surface area (Å²) in [5.74, 6) is 1.98. The van der Waals surface area contributed by atoms with Crippen LogP contribution < -0.4 is 0 Å². The van der Waals surface area contributed by atoms with Crippen LogP contribution in [0.3, 0.4) is 0 Å². The molecule has 2 rings (SSSR count). The molecule has 14 heavy (non-hydrogen) atoms. The summed E-state index contributed by atoms with van der Waals surface area (Å²) in [5, 5.41) is 0. The molecular formula is C11H17BrN2. The number of alkyl halides is 1. The number of aryl methyl sites for hydroxylation is 1. The van der Waals surface area contributed by atoms with Crippen LogP contribution in [0, 0.1) is 0 Å². The number of imidazole rings is 1. The van der Waals surface area contributed by atoms with Crippen LogP contribution in [-0.4, -0.2) is 14.4 Å². The van der Waals surface area contributed by atoms with E-state index in [1.165, 1.54) is 31.5 Å². The first-order valence-electron chi connectivity index (χ1n) is 5.46. The quantitative estimate of drug-likeness (QED) is 0.759. The van der Waals surface area contributed by atoms with Crippen molar-refractivity contribution in [3.8, 4) is 0 Å². The SMILES string of the molecule is CCCn1ccnc1C1CCC(Br)C1. The lowest BCUT2D eigenvalue weighted by atomic mass is 10.1. The molecule has 1 fully saturated rings. The summed E-state index contributed by atoms with van der Waals surface area (Å²) in [5.41, 5.74) is 0. The van der Waals surface area contributed by atoms with E-state index in [2.05, 4.69) is 38.6 Å². The first kappa shape index (κ1) is 10.2. The van der Waals surface area contributed by atoms with Crippen molar-refractivity contribution in [2.75, 3.05) is 0 Å². The van der Waals surface area contributed by atoms with Crippen LogP contribution in [0.2, 0.25) is 0 Å². The van der Waals surface area contributed by atoms with Gasteiger partial charge < -0.3 is 4.57 Å². The number of halogens is 1. The zero-order valence-electron chi connectivity index (χ0n) is 8.62. The highest BCUT2D eigenvalue weighted by Gasteiger charge is 2.26. The minimum atomic E-state index is 0.681. The highest BCUT2D eigenvalue weighted by molar-refractivity contribution is 9.09. The van der Waals surface area contributed by atoms with Gasteiger partial charge in [-0.25, -0.2) is 4.98 Å². The molecule has 1 aliphatic carbocycles. The average Bonchev–Trinajstić information content (AvgIpc) is 2.74. The van der Waals surface area contributed by atoms with Crippen LogP contribution in [0.1, 0.15) is 44.3 Å². The van der Waals surface area contributed by atoms with Crippen LogP contribution in [0.25, 0.3) is 0 Å². The van der Waals surface area contributed by atoms with Crippen molar-refractivity contribution in [1.29, 1.82) is 0 Å². The summed E-state index contributed by atoms with van der Waals surface area (Å²) in [7, 11) is 0. The van der Waals surface area contributed by atoms with Gasteiger partial charge in [0.1, 0.15) is 5.82 Å². The van der Waals surface area contributed by atoms with E-state index >= 15 is 0 Å². The van der Waals surface area contributed by atoms with Gasteiger partial charge in [-0.3, -0.25) is 0 Å². The number of rotatable bonds is 3. The van der Waals surface area contributed by atoms with Gasteiger partial charge in [0.05, 0.1) is 0 Å². The van der Waals surface area contributed by atoms with Crippen molar-refractivity contribution in [2.24, 2.45) is 0 Å². The third-order valence-electron chi connectivity index (χ3n) is 2.95. The number of aromatic nitrogens is 2. The lowest BCUT2D eigenvalue weighted by molar-refractivity contribution is 0.575. The van der Waals surface area contributed by atoms with Crippen LogP contribution >= 0.6 is 15.9 Å². The number of hydrogen-bond donors (Lipinski definition) is 0. The second-order valence-electron chi connectivity index (χ2n) is 4.09. The third-order valence-corrected chi connectivity index (χ3v) is 3.78. The Morgan fingerprint density at radius 3 is 3.07 bits per heavy atom. The van der Waals surface area contributed by atoms with Crippen molar-refractivity contribution in [1.82, 2.24) is 9.55 Å². The van der Waals surface area contributed by atoms with Gasteiger partial charge >= 0.3 is 0 Å². The Hall–Kier alpha value is -0.310. The summed E-state index contributed by atoms with van der Waals surface area (Å²) in [6.45, 7) is 3.32. The summed E-state index contributed by atoms with van der Waals surface area (Å²) >= 11 is 3.69. The molecule has 1 heterocycles. The van der Waals surface area contributed by atoms with Gasteiger partial charge in [-0.1, -0.05) is 22.9 Å². The predicted molar refractivity (Wildman–Crippen MR) is 61.8 cm³/mol. The molecule has 3 heteroatoms. The van der Waals surface area contributed by atoms with E-state index in [0.29, 0.717) is 10.7 Å². The normalized spacial score (nSPS) is 27.0. The summed E-state index contributed by atoms with van der Waals surface area (Å²) in [4.78, 5) is 5.20. The lowest BCUT2D eigenvalue weighted by Crippen LogP contribution is -2.06. The Kier molecular flexibility index (Phi) is 3.26. The molecule has 2 unspecified atom stereocenters. The minimum Gasteiger partial charge on any atom is -0.335 e. The monoisotopic (exact) mass is 256 g/mol. The number of nitrogens with zero attached hydrogens (tertiary/aromatic N) is 2. The molecule has 0 aliphatic heterocycles. The maximum Gasteiger partial charge on any atom is 0.111 e. The average molecular weight is 257 g/mol. The molecule has 1 saturated carbocycles. The second-order valence-corrected chi connectivity index (χ2v) is 5.38. The standard InChI is InChI=1S/C11H17BrN2/c1-2-6-14-7-5-13-11(14)9-3-4-10(12)8-9/h5,7,9-10H,2-4,6,8H2,1H3. The van der Waals surface area contributed by atoms with Gasteiger partial charge in [0.2, 0.25) is 0 Å². The Labute approximate surface area is 93.9 Å². The zero-order chi connectivity index (χ0) is 9.97. The molecule has 0 spiro atoms.